The van der Waals surface area contributed by atoms with Crippen molar-refractivity contribution in [3.8, 4) is 11.4 Å². The van der Waals surface area contributed by atoms with Gasteiger partial charge in [-0.3, -0.25) is 4.79 Å². The van der Waals surface area contributed by atoms with Gasteiger partial charge in [0, 0.05) is 24.2 Å². The van der Waals surface area contributed by atoms with Crippen LogP contribution in [0.1, 0.15) is 43.6 Å². The molecule has 2 N–H and O–H groups in total. The van der Waals surface area contributed by atoms with Crippen molar-refractivity contribution in [2.24, 2.45) is 5.92 Å². The minimum Gasteiger partial charge on any atom is -0.367 e. The molecule has 5 nitrogen and oxygen atoms in total. The predicted octanol–water partition coefficient (Wildman–Crippen LogP) is 3.49. The monoisotopic (exact) mass is 324 g/mol. The zero-order chi connectivity index (χ0) is 16.9. The Bertz CT molecular complexity index is 696. The van der Waals surface area contributed by atoms with Gasteiger partial charge >= 0.3 is 0 Å². The highest BCUT2D eigenvalue weighted by Crippen LogP contribution is 2.25. The highest BCUT2D eigenvalue weighted by Gasteiger charge is 2.22. The summed E-state index contributed by atoms with van der Waals surface area (Å²) in [4.78, 5) is 21.5. The number of benzene rings is 1. The third kappa shape index (κ3) is 4.54. The molecule has 0 radical (unpaired) electrons. The van der Waals surface area contributed by atoms with Crippen molar-refractivity contribution < 1.29 is 4.79 Å². The summed E-state index contributed by atoms with van der Waals surface area (Å²) in [5, 5.41) is 6.31. The van der Waals surface area contributed by atoms with Gasteiger partial charge in [-0.25, -0.2) is 9.97 Å². The van der Waals surface area contributed by atoms with E-state index >= 15 is 0 Å². The summed E-state index contributed by atoms with van der Waals surface area (Å²) < 4.78 is 0. The van der Waals surface area contributed by atoms with E-state index in [1.54, 1.807) is 6.07 Å². The van der Waals surface area contributed by atoms with E-state index in [1.807, 2.05) is 30.3 Å². The third-order valence-electron chi connectivity index (χ3n) is 3.93. The Balaban J connectivity index is 1.82. The second kappa shape index (κ2) is 7.43. The van der Waals surface area contributed by atoms with E-state index in [9.17, 15) is 4.79 Å². The average molecular weight is 324 g/mol. The van der Waals surface area contributed by atoms with E-state index < -0.39 is 0 Å². The fourth-order valence-corrected chi connectivity index (χ4v) is 2.36. The second-order valence-electron chi connectivity index (χ2n) is 6.69. The Morgan fingerprint density at radius 1 is 1.21 bits per heavy atom. The van der Waals surface area contributed by atoms with Gasteiger partial charge in [-0.05, 0) is 25.2 Å². The number of carbonyl (C=O) groups excluding carboxylic acids is 1. The molecule has 0 spiro atoms. The van der Waals surface area contributed by atoms with Crippen LogP contribution in [0.2, 0.25) is 0 Å². The number of amides is 1. The maximum atomic E-state index is 12.4. The van der Waals surface area contributed by atoms with Gasteiger partial charge in [0.15, 0.2) is 5.82 Å². The van der Waals surface area contributed by atoms with E-state index in [0.29, 0.717) is 30.0 Å². The first-order valence-electron chi connectivity index (χ1n) is 8.61. The molecule has 0 saturated heterocycles. The highest BCUT2D eigenvalue weighted by atomic mass is 16.1. The number of nitrogens with one attached hydrogen (secondary N) is 2. The molecule has 2 aromatic rings. The molecule has 0 aliphatic heterocycles. The van der Waals surface area contributed by atoms with Crippen molar-refractivity contribution in [1.82, 2.24) is 15.3 Å². The van der Waals surface area contributed by atoms with Crippen molar-refractivity contribution >= 4 is 11.7 Å². The molecule has 1 aromatic carbocycles. The Morgan fingerprint density at radius 2 is 1.96 bits per heavy atom. The minimum absolute atomic E-state index is 0.144. The van der Waals surface area contributed by atoms with Crippen LogP contribution in [-0.4, -0.2) is 28.5 Å². The standard InChI is InChI=1S/C19H24N4O/c1-13(2)10-11-20-19(24)16-12-17(21-15-8-9-15)23-18(22-16)14-6-4-3-5-7-14/h3-7,12-13,15H,8-11H2,1-2H3,(H,20,24)(H,21,22,23). The zero-order valence-corrected chi connectivity index (χ0v) is 14.2. The first kappa shape index (κ1) is 16.4. The van der Waals surface area contributed by atoms with E-state index in [0.717, 1.165) is 30.6 Å². The van der Waals surface area contributed by atoms with Crippen LogP contribution in [0.25, 0.3) is 11.4 Å². The molecule has 1 saturated carbocycles. The van der Waals surface area contributed by atoms with Crippen LogP contribution in [0, 0.1) is 5.92 Å². The highest BCUT2D eigenvalue weighted by molar-refractivity contribution is 5.93. The Hall–Kier alpha value is -2.43. The van der Waals surface area contributed by atoms with E-state index in [-0.39, 0.29) is 5.91 Å². The summed E-state index contributed by atoms with van der Waals surface area (Å²) in [6, 6.07) is 12.0. The Labute approximate surface area is 142 Å². The number of aromatic nitrogens is 2. The average Bonchev–Trinajstić information content (AvgIpc) is 3.39. The maximum Gasteiger partial charge on any atom is 0.270 e. The molecule has 0 unspecified atom stereocenters. The zero-order valence-electron chi connectivity index (χ0n) is 14.2. The quantitative estimate of drug-likeness (QED) is 0.818. The fraction of sp³-hybridized carbons (Fsp3) is 0.421. The molecule has 1 aliphatic rings. The molecule has 1 amide bonds. The second-order valence-corrected chi connectivity index (χ2v) is 6.69. The SMILES string of the molecule is CC(C)CCNC(=O)c1cc(NC2CC2)nc(-c2ccccc2)n1. The van der Waals surface area contributed by atoms with Gasteiger partial charge in [0.2, 0.25) is 0 Å². The van der Waals surface area contributed by atoms with E-state index in [2.05, 4.69) is 34.4 Å². The molecular formula is C19H24N4O. The lowest BCUT2D eigenvalue weighted by atomic mass is 10.1. The van der Waals surface area contributed by atoms with Crippen LogP contribution >= 0.6 is 0 Å². The van der Waals surface area contributed by atoms with Gasteiger partial charge in [0.1, 0.15) is 11.5 Å². The minimum atomic E-state index is -0.144. The molecule has 5 heteroatoms. The van der Waals surface area contributed by atoms with Crippen LogP contribution < -0.4 is 10.6 Å². The lowest BCUT2D eigenvalue weighted by molar-refractivity contribution is 0.0947. The molecule has 1 aliphatic carbocycles. The number of rotatable bonds is 7. The summed E-state index contributed by atoms with van der Waals surface area (Å²) in [5.74, 6) is 1.72. The Morgan fingerprint density at radius 3 is 2.62 bits per heavy atom. The van der Waals surface area contributed by atoms with Crippen molar-refractivity contribution in [2.75, 3.05) is 11.9 Å². The maximum absolute atomic E-state index is 12.4. The molecule has 0 bridgehead atoms. The van der Waals surface area contributed by atoms with Gasteiger partial charge in [-0.15, -0.1) is 0 Å². The number of anilines is 1. The molecule has 3 rings (SSSR count). The predicted molar refractivity (Wildman–Crippen MR) is 95.9 cm³/mol. The molecule has 1 aromatic heterocycles. The van der Waals surface area contributed by atoms with Crippen LogP contribution in [0.15, 0.2) is 36.4 Å². The van der Waals surface area contributed by atoms with Gasteiger partial charge in [0.05, 0.1) is 0 Å². The summed E-state index contributed by atoms with van der Waals surface area (Å²) in [6.07, 6.45) is 3.26. The normalized spacial score (nSPS) is 13.8. The van der Waals surface area contributed by atoms with E-state index in [4.69, 9.17) is 0 Å². The number of hydrogen-bond acceptors (Lipinski definition) is 4. The third-order valence-corrected chi connectivity index (χ3v) is 3.93. The summed E-state index contributed by atoms with van der Waals surface area (Å²) in [7, 11) is 0. The smallest absolute Gasteiger partial charge is 0.270 e. The molecule has 1 fully saturated rings. The molecular weight excluding hydrogens is 300 g/mol. The van der Waals surface area contributed by atoms with Gasteiger partial charge in [-0.1, -0.05) is 44.2 Å². The first-order valence-corrected chi connectivity index (χ1v) is 8.61. The summed E-state index contributed by atoms with van der Waals surface area (Å²) >= 11 is 0. The van der Waals surface area contributed by atoms with Crippen molar-refractivity contribution in [1.29, 1.82) is 0 Å². The van der Waals surface area contributed by atoms with Crippen LogP contribution in [-0.2, 0) is 0 Å². The van der Waals surface area contributed by atoms with Crippen molar-refractivity contribution in [2.45, 2.75) is 39.2 Å². The van der Waals surface area contributed by atoms with Crippen molar-refractivity contribution in [3.05, 3.63) is 42.1 Å². The number of carbonyl (C=O) groups is 1. The van der Waals surface area contributed by atoms with Gasteiger partial charge in [-0.2, -0.15) is 0 Å². The first-order chi connectivity index (χ1) is 11.6. The van der Waals surface area contributed by atoms with Gasteiger partial charge < -0.3 is 10.6 Å². The largest absolute Gasteiger partial charge is 0.367 e. The van der Waals surface area contributed by atoms with Crippen molar-refractivity contribution in [3.63, 3.8) is 0 Å². The molecule has 0 atom stereocenters. The van der Waals surface area contributed by atoms with Crippen LogP contribution in [0.4, 0.5) is 5.82 Å². The van der Waals surface area contributed by atoms with Crippen LogP contribution in [0.5, 0.6) is 0 Å². The molecule has 1 heterocycles. The van der Waals surface area contributed by atoms with Gasteiger partial charge in [0.25, 0.3) is 5.91 Å². The number of hydrogen-bond donors (Lipinski definition) is 2. The summed E-state index contributed by atoms with van der Waals surface area (Å²) in [5.41, 5.74) is 1.32. The Kier molecular flexibility index (Phi) is 5.08. The summed E-state index contributed by atoms with van der Waals surface area (Å²) in [6.45, 7) is 4.94. The molecule has 24 heavy (non-hydrogen) atoms. The fourth-order valence-electron chi connectivity index (χ4n) is 2.36. The number of nitrogens with zero attached hydrogens (tertiary/aromatic N) is 2. The van der Waals surface area contributed by atoms with E-state index in [1.165, 1.54) is 0 Å². The lowest BCUT2D eigenvalue weighted by Crippen LogP contribution is -2.26. The molecule has 126 valence electrons. The topological polar surface area (TPSA) is 66.9 Å². The van der Waals surface area contributed by atoms with Crippen LogP contribution in [0.3, 0.4) is 0 Å². The lowest BCUT2D eigenvalue weighted by Gasteiger charge is -2.11.